The number of aromatic nitrogens is 2. The van der Waals surface area contributed by atoms with E-state index in [0.717, 1.165) is 18.4 Å². The number of likely N-dealkylation sites (tertiary alicyclic amines) is 1. The molecule has 2 heterocycles. The van der Waals surface area contributed by atoms with E-state index in [2.05, 4.69) is 4.98 Å². The van der Waals surface area contributed by atoms with Crippen LogP contribution in [0.5, 0.6) is 0 Å². The Morgan fingerprint density at radius 3 is 3.00 bits per heavy atom. The van der Waals surface area contributed by atoms with E-state index in [1.807, 2.05) is 13.1 Å². The summed E-state index contributed by atoms with van der Waals surface area (Å²) in [6.07, 6.45) is 5.12. The summed E-state index contributed by atoms with van der Waals surface area (Å²) in [5.41, 5.74) is 1.29. The van der Waals surface area contributed by atoms with E-state index in [1.165, 1.54) is 12.1 Å². The first kappa shape index (κ1) is 12.8. The Morgan fingerprint density at radius 1 is 1.45 bits per heavy atom. The molecule has 5 heteroatoms. The van der Waals surface area contributed by atoms with Crippen LogP contribution >= 0.6 is 0 Å². The molecule has 2 aromatic rings. The number of halogens is 1. The van der Waals surface area contributed by atoms with Crippen LogP contribution in [0.15, 0.2) is 36.8 Å². The van der Waals surface area contributed by atoms with Crippen molar-refractivity contribution < 1.29 is 9.18 Å². The van der Waals surface area contributed by atoms with Crippen molar-refractivity contribution in [3.8, 4) is 0 Å². The maximum atomic E-state index is 13.4. The van der Waals surface area contributed by atoms with Gasteiger partial charge in [-0.1, -0.05) is 12.1 Å². The fourth-order valence-corrected chi connectivity index (χ4v) is 2.74. The molecule has 1 atom stereocenters. The molecule has 1 amide bonds. The van der Waals surface area contributed by atoms with Gasteiger partial charge in [-0.15, -0.1) is 0 Å². The number of aryl methyl sites for hydroxylation is 1. The second-order valence-corrected chi connectivity index (χ2v) is 5.14. The third-order valence-electron chi connectivity index (χ3n) is 3.67. The first-order valence-electron chi connectivity index (χ1n) is 6.69. The van der Waals surface area contributed by atoms with Gasteiger partial charge < -0.3 is 9.47 Å². The lowest BCUT2D eigenvalue weighted by molar-refractivity contribution is 0.0730. The summed E-state index contributed by atoms with van der Waals surface area (Å²) in [7, 11) is 1.83. The molecule has 0 spiro atoms. The molecule has 0 saturated carbocycles. The summed E-state index contributed by atoms with van der Waals surface area (Å²) in [6.45, 7) is 0.691. The van der Waals surface area contributed by atoms with Gasteiger partial charge in [0.1, 0.15) is 11.5 Å². The number of hydrogen-bond acceptors (Lipinski definition) is 2. The maximum Gasteiger partial charge on any atom is 0.274 e. The molecule has 104 valence electrons. The SMILES string of the molecule is Cn1cnc(C(=O)N2CCCC2c2cccc(F)c2)c1. The molecule has 4 nitrogen and oxygen atoms in total. The van der Waals surface area contributed by atoms with Crippen LogP contribution in [0.1, 0.15) is 34.9 Å². The van der Waals surface area contributed by atoms with Gasteiger partial charge in [0.25, 0.3) is 5.91 Å². The topological polar surface area (TPSA) is 38.1 Å². The monoisotopic (exact) mass is 273 g/mol. The van der Waals surface area contributed by atoms with E-state index in [-0.39, 0.29) is 17.8 Å². The summed E-state index contributed by atoms with van der Waals surface area (Å²) in [5, 5.41) is 0. The van der Waals surface area contributed by atoms with Crippen LogP contribution in [0, 0.1) is 5.82 Å². The molecule has 1 aromatic heterocycles. The lowest BCUT2D eigenvalue weighted by Crippen LogP contribution is -2.30. The minimum Gasteiger partial charge on any atom is -0.340 e. The quantitative estimate of drug-likeness (QED) is 0.843. The Balaban J connectivity index is 1.87. The minimum absolute atomic E-state index is 0.0554. The van der Waals surface area contributed by atoms with Crippen LogP contribution < -0.4 is 0 Å². The first-order chi connectivity index (χ1) is 9.65. The molecule has 0 aliphatic carbocycles. The molecular formula is C15H16FN3O. The molecule has 0 radical (unpaired) electrons. The van der Waals surface area contributed by atoms with Crippen molar-refractivity contribution in [3.63, 3.8) is 0 Å². The number of benzene rings is 1. The Kier molecular flexibility index (Phi) is 3.26. The van der Waals surface area contributed by atoms with Crippen LogP contribution in [-0.4, -0.2) is 26.9 Å². The van der Waals surface area contributed by atoms with Gasteiger partial charge in [0, 0.05) is 19.8 Å². The molecule has 1 unspecified atom stereocenters. The molecular weight excluding hydrogens is 257 g/mol. The van der Waals surface area contributed by atoms with E-state index in [4.69, 9.17) is 0 Å². The zero-order valence-electron chi connectivity index (χ0n) is 11.3. The van der Waals surface area contributed by atoms with Crippen LogP contribution in [-0.2, 0) is 7.05 Å². The van der Waals surface area contributed by atoms with Gasteiger partial charge in [0.2, 0.25) is 0 Å². The smallest absolute Gasteiger partial charge is 0.274 e. The lowest BCUT2D eigenvalue weighted by Gasteiger charge is -2.24. The van der Waals surface area contributed by atoms with Gasteiger partial charge in [-0.2, -0.15) is 0 Å². The third kappa shape index (κ3) is 2.31. The van der Waals surface area contributed by atoms with Crippen LogP contribution in [0.4, 0.5) is 4.39 Å². The fourth-order valence-electron chi connectivity index (χ4n) is 2.74. The third-order valence-corrected chi connectivity index (χ3v) is 3.67. The van der Waals surface area contributed by atoms with Gasteiger partial charge in [-0.05, 0) is 30.5 Å². The predicted octanol–water partition coefficient (Wildman–Crippen LogP) is 2.54. The molecule has 1 aliphatic rings. The molecule has 1 aromatic carbocycles. The van der Waals surface area contributed by atoms with Gasteiger partial charge in [0.05, 0.1) is 12.4 Å². The summed E-state index contributed by atoms with van der Waals surface area (Å²) < 4.78 is 15.1. The van der Waals surface area contributed by atoms with E-state index >= 15 is 0 Å². The number of imidazole rings is 1. The maximum absolute atomic E-state index is 13.4. The van der Waals surface area contributed by atoms with Gasteiger partial charge in [-0.25, -0.2) is 9.37 Å². The number of carbonyl (C=O) groups excluding carboxylic acids is 1. The van der Waals surface area contributed by atoms with Crippen molar-refractivity contribution in [1.29, 1.82) is 0 Å². The Morgan fingerprint density at radius 2 is 2.30 bits per heavy atom. The van der Waals surface area contributed by atoms with E-state index in [1.54, 1.807) is 28.1 Å². The highest BCUT2D eigenvalue weighted by Crippen LogP contribution is 2.33. The van der Waals surface area contributed by atoms with Crippen molar-refractivity contribution in [2.45, 2.75) is 18.9 Å². The summed E-state index contributed by atoms with van der Waals surface area (Å²) in [4.78, 5) is 18.4. The van der Waals surface area contributed by atoms with Crippen LogP contribution in [0.3, 0.4) is 0 Å². The normalized spacial score (nSPS) is 18.5. The van der Waals surface area contributed by atoms with E-state index in [9.17, 15) is 9.18 Å². The first-order valence-corrected chi connectivity index (χ1v) is 6.69. The minimum atomic E-state index is -0.264. The molecule has 0 bridgehead atoms. The van der Waals surface area contributed by atoms with Crippen molar-refractivity contribution in [1.82, 2.24) is 14.5 Å². The largest absolute Gasteiger partial charge is 0.340 e. The van der Waals surface area contributed by atoms with Crippen molar-refractivity contribution in [2.75, 3.05) is 6.54 Å². The number of amides is 1. The number of rotatable bonds is 2. The molecule has 1 fully saturated rings. The lowest BCUT2D eigenvalue weighted by atomic mass is 10.0. The average Bonchev–Trinajstić information content (AvgIpc) is 3.06. The Bertz CT molecular complexity index is 638. The standard InChI is InChI=1S/C15H16FN3O/c1-18-9-13(17-10-18)15(20)19-7-3-6-14(19)11-4-2-5-12(16)8-11/h2,4-5,8-10,14H,3,6-7H2,1H3. The molecule has 1 aliphatic heterocycles. The van der Waals surface area contributed by atoms with Crippen molar-refractivity contribution >= 4 is 5.91 Å². The van der Waals surface area contributed by atoms with E-state index in [0.29, 0.717) is 12.2 Å². The Labute approximate surface area is 116 Å². The van der Waals surface area contributed by atoms with Gasteiger partial charge in [0.15, 0.2) is 0 Å². The highest BCUT2D eigenvalue weighted by molar-refractivity contribution is 5.92. The van der Waals surface area contributed by atoms with Crippen molar-refractivity contribution in [2.24, 2.45) is 7.05 Å². The molecule has 0 N–H and O–H groups in total. The van der Waals surface area contributed by atoms with Crippen molar-refractivity contribution in [3.05, 3.63) is 53.9 Å². The second-order valence-electron chi connectivity index (χ2n) is 5.14. The molecule has 3 rings (SSSR count). The highest BCUT2D eigenvalue weighted by atomic mass is 19.1. The highest BCUT2D eigenvalue weighted by Gasteiger charge is 2.31. The van der Waals surface area contributed by atoms with Crippen LogP contribution in [0.25, 0.3) is 0 Å². The predicted molar refractivity (Wildman–Crippen MR) is 72.6 cm³/mol. The zero-order chi connectivity index (χ0) is 14.1. The van der Waals surface area contributed by atoms with Gasteiger partial charge in [-0.3, -0.25) is 4.79 Å². The average molecular weight is 273 g/mol. The fraction of sp³-hybridized carbons (Fsp3) is 0.333. The number of hydrogen-bond donors (Lipinski definition) is 0. The summed E-state index contributed by atoms with van der Waals surface area (Å²) in [5.74, 6) is -0.350. The molecule has 20 heavy (non-hydrogen) atoms. The van der Waals surface area contributed by atoms with E-state index < -0.39 is 0 Å². The second kappa shape index (κ2) is 5.07. The van der Waals surface area contributed by atoms with Gasteiger partial charge >= 0.3 is 0 Å². The number of nitrogens with zero attached hydrogens (tertiary/aromatic N) is 3. The van der Waals surface area contributed by atoms with Crippen LogP contribution in [0.2, 0.25) is 0 Å². The molecule has 1 saturated heterocycles. The Hall–Kier alpha value is -2.17. The summed E-state index contributed by atoms with van der Waals surface area (Å²) in [6, 6.07) is 6.43. The summed E-state index contributed by atoms with van der Waals surface area (Å²) >= 11 is 0. The zero-order valence-corrected chi connectivity index (χ0v) is 11.3. The number of carbonyl (C=O) groups is 1.